The SMILES string of the molecule is COc1cccc(C(=O)NCCC(=O)Nc2cc(OC)c(OC)c(OC)c2)c1. The molecule has 8 nitrogen and oxygen atoms in total. The molecule has 0 unspecified atom stereocenters. The summed E-state index contributed by atoms with van der Waals surface area (Å²) in [7, 11) is 6.03. The Bertz CT molecular complexity index is 812. The summed E-state index contributed by atoms with van der Waals surface area (Å²) < 4.78 is 20.9. The maximum atomic E-state index is 12.2. The Labute approximate surface area is 163 Å². The lowest BCUT2D eigenvalue weighted by Gasteiger charge is -2.14. The standard InChI is InChI=1S/C20H24N2O6/c1-25-15-7-5-6-13(10-15)20(24)21-9-8-18(23)22-14-11-16(26-2)19(28-4)17(12-14)27-3/h5-7,10-12H,8-9H2,1-4H3,(H,21,24)(H,22,23). The quantitative estimate of drug-likeness (QED) is 0.685. The van der Waals surface area contributed by atoms with Crippen LogP contribution in [0.15, 0.2) is 36.4 Å². The van der Waals surface area contributed by atoms with Crippen molar-refractivity contribution in [2.75, 3.05) is 40.3 Å². The molecule has 0 heterocycles. The van der Waals surface area contributed by atoms with Gasteiger partial charge in [0.15, 0.2) is 11.5 Å². The highest BCUT2D eigenvalue weighted by atomic mass is 16.5. The molecule has 0 aliphatic carbocycles. The maximum Gasteiger partial charge on any atom is 0.251 e. The molecule has 0 spiro atoms. The number of methoxy groups -OCH3 is 4. The zero-order valence-electron chi connectivity index (χ0n) is 16.3. The first-order chi connectivity index (χ1) is 13.5. The number of hydrogen-bond donors (Lipinski definition) is 2. The Morgan fingerprint density at radius 3 is 2.14 bits per heavy atom. The summed E-state index contributed by atoms with van der Waals surface area (Å²) in [5.41, 5.74) is 0.961. The fourth-order valence-electron chi connectivity index (χ4n) is 2.53. The van der Waals surface area contributed by atoms with Crippen molar-refractivity contribution in [3.8, 4) is 23.0 Å². The second-order valence-corrected chi connectivity index (χ2v) is 5.70. The van der Waals surface area contributed by atoms with E-state index in [4.69, 9.17) is 18.9 Å². The van der Waals surface area contributed by atoms with E-state index in [-0.39, 0.29) is 24.8 Å². The fourth-order valence-corrected chi connectivity index (χ4v) is 2.53. The average Bonchev–Trinajstić information content (AvgIpc) is 2.72. The number of carbonyl (C=O) groups is 2. The third-order valence-electron chi connectivity index (χ3n) is 3.92. The number of anilines is 1. The number of hydrogen-bond acceptors (Lipinski definition) is 6. The molecule has 28 heavy (non-hydrogen) atoms. The van der Waals surface area contributed by atoms with Gasteiger partial charge in [0.25, 0.3) is 5.91 Å². The van der Waals surface area contributed by atoms with Gasteiger partial charge in [-0.1, -0.05) is 6.07 Å². The minimum absolute atomic E-state index is 0.104. The molecule has 8 heteroatoms. The van der Waals surface area contributed by atoms with Gasteiger partial charge in [0.2, 0.25) is 11.7 Å². The van der Waals surface area contributed by atoms with Crippen LogP contribution in [0.25, 0.3) is 0 Å². The van der Waals surface area contributed by atoms with Gasteiger partial charge in [0, 0.05) is 36.3 Å². The summed E-state index contributed by atoms with van der Waals surface area (Å²) >= 11 is 0. The molecule has 0 fully saturated rings. The molecule has 0 bridgehead atoms. The van der Waals surface area contributed by atoms with Crippen molar-refractivity contribution in [1.29, 1.82) is 0 Å². The Morgan fingerprint density at radius 2 is 1.57 bits per heavy atom. The van der Waals surface area contributed by atoms with Crippen LogP contribution in [0, 0.1) is 0 Å². The molecule has 2 amide bonds. The van der Waals surface area contributed by atoms with Crippen molar-refractivity contribution in [2.24, 2.45) is 0 Å². The van der Waals surface area contributed by atoms with Crippen LogP contribution in [0.5, 0.6) is 23.0 Å². The summed E-state index contributed by atoms with van der Waals surface area (Å²) in [6, 6.07) is 10.0. The molecule has 2 aromatic rings. The van der Waals surface area contributed by atoms with Crippen molar-refractivity contribution in [1.82, 2.24) is 5.32 Å². The van der Waals surface area contributed by atoms with Gasteiger partial charge in [-0.15, -0.1) is 0 Å². The molecule has 2 rings (SSSR count). The monoisotopic (exact) mass is 388 g/mol. The zero-order chi connectivity index (χ0) is 20.5. The van der Waals surface area contributed by atoms with E-state index in [2.05, 4.69) is 10.6 Å². The summed E-state index contributed by atoms with van der Waals surface area (Å²) in [5, 5.41) is 5.45. The largest absolute Gasteiger partial charge is 0.497 e. The van der Waals surface area contributed by atoms with E-state index >= 15 is 0 Å². The summed E-state index contributed by atoms with van der Waals surface area (Å²) in [4.78, 5) is 24.3. The van der Waals surface area contributed by atoms with Crippen LogP contribution in [-0.4, -0.2) is 46.8 Å². The number of carbonyl (C=O) groups excluding carboxylic acids is 2. The molecule has 2 N–H and O–H groups in total. The first kappa shape index (κ1) is 20.9. The van der Waals surface area contributed by atoms with E-state index in [9.17, 15) is 9.59 Å². The topological polar surface area (TPSA) is 95.1 Å². The van der Waals surface area contributed by atoms with E-state index < -0.39 is 0 Å². The van der Waals surface area contributed by atoms with Crippen LogP contribution in [0.1, 0.15) is 16.8 Å². The lowest BCUT2D eigenvalue weighted by atomic mass is 10.2. The number of rotatable bonds is 9. The van der Waals surface area contributed by atoms with Gasteiger partial charge in [-0.2, -0.15) is 0 Å². The third kappa shape index (κ3) is 5.29. The van der Waals surface area contributed by atoms with E-state index in [1.54, 1.807) is 36.4 Å². The van der Waals surface area contributed by atoms with Crippen LogP contribution >= 0.6 is 0 Å². The smallest absolute Gasteiger partial charge is 0.251 e. The van der Waals surface area contributed by atoms with Crippen molar-refractivity contribution in [3.05, 3.63) is 42.0 Å². The lowest BCUT2D eigenvalue weighted by Crippen LogP contribution is -2.27. The Morgan fingerprint density at radius 1 is 0.893 bits per heavy atom. The van der Waals surface area contributed by atoms with Crippen LogP contribution in [-0.2, 0) is 4.79 Å². The van der Waals surface area contributed by atoms with Crippen LogP contribution in [0.4, 0.5) is 5.69 Å². The van der Waals surface area contributed by atoms with Crippen molar-refractivity contribution in [3.63, 3.8) is 0 Å². The minimum Gasteiger partial charge on any atom is -0.497 e. The molecule has 2 aromatic carbocycles. The van der Waals surface area contributed by atoms with Crippen molar-refractivity contribution >= 4 is 17.5 Å². The average molecular weight is 388 g/mol. The molecule has 150 valence electrons. The Hall–Kier alpha value is -3.42. The van der Waals surface area contributed by atoms with E-state index in [1.807, 2.05) is 0 Å². The molecule has 0 aliphatic heterocycles. The maximum absolute atomic E-state index is 12.2. The second kappa shape index (κ2) is 10.1. The number of nitrogens with one attached hydrogen (secondary N) is 2. The van der Waals surface area contributed by atoms with Gasteiger partial charge < -0.3 is 29.6 Å². The predicted molar refractivity (Wildman–Crippen MR) is 105 cm³/mol. The molecule has 0 saturated carbocycles. The first-order valence-electron chi connectivity index (χ1n) is 8.54. The normalized spacial score (nSPS) is 10.0. The van der Waals surface area contributed by atoms with E-state index in [0.717, 1.165) is 0 Å². The Balaban J connectivity index is 1.92. The van der Waals surface area contributed by atoms with E-state index in [0.29, 0.717) is 34.2 Å². The number of amides is 2. The third-order valence-corrected chi connectivity index (χ3v) is 3.92. The minimum atomic E-state index is -0.278. The molecule has 0 saturated heterocycles. The van der Waals surface area contributed by atoms with Gasteiger partial charge in [-0.05, 0) is 18.2 Å². The summed E-state index contributed by atoms with van der Waals surface area (Å²) in [6.45, 7) is 0.187. The summed E-state index contributed by atoms with van der Waals surface area (Å²) in [6.07, 6.45) is 0.104. The fraction of sp³-hybridized carbons (Fsp3) is 0.300. The van der Waals surface area contributed by atoms with Gasteiger partial charge in [0.1, 0.15) is 5.75 Å². The molecule has 0 atom stereocenters. The highest BCUT2D eigenvalue weighted by Crippen LogP contribution is 2.39. The molecule has 0 radical (unpaired) electrons. The van der Waals surface area contributed by atoms with Crippen LogP contribution < -0.4 is 29.6 Å². The van der Waals surface area contributed by atoms with Gasteiger partial charge in [0.05, 0.1) is 28.4 Å². The van der Waals surface area contributed by atoms with Crippen LogP contribution in [0.3, 0.4) is 0 Å². The zero-order valence-corrected chi connectivity index (χ0v) is 16.3. The second-order valence-electron chi connectivity index (χ2n) is 5.70. The van der Waals surface area contributed by atoms with Crippen molar-refractivity contribution < 1.29 is 28.5 Å². The summed E-state index contributed by atoms with van der Waals surface area (Å²) in [5.74, 6) is 1.35. The van der Waals surface area contributed by atoms with Crippen molar-refractivity contribution in [2.45, 2.75) is 6.42 Å². The van der Waals surface area contributed by atoms with Gasteiger partial charge in [-0.25, -0.2) is 0 Å². The Kier molecular flexibility index (Phi) is 7.50. The highest BCUT2D eigenvalue weighted by Gasteiger charge is 2.14. The lowest BCUT2D eigenvalue weighted by molar-refractivity contribution is -0.116. The van der Waals surface area contributed by atoms with E-state index in [1.165, 1.54) is 28.4 Å². The molecule has 0 aromatic heterocycles. The molecular formula is C20H24N2O6. The van der Waals surface area contributed by atoms with Crippen LogP contribution in [0.2, 0.25) is 0 Å². The number of benzene rings is 2. The molecule has 0 aliphatic rings. The van der Waals surface area contributed by atoms with Gasteiger partial charge in [-0.3, -0.25) is 9.59 Å². The van der Waals surface area contributed by atoms with Gasteiger partial charge >= 0.3 is 0 Å². The highest BCUT2D eigenvalue weighted by molar-refractivity contribution is 5.95. The number of ether oxygens (including phenoxy) is 4. The predicted octanol–water partition coefficient (Wildman–Crippen LogP) is 2.48. The molecular weight excluding hydrogens is 364 g/mol. The first-order valence-corrected chi connectivity index (χ1v) is 8.54.